The third kappa shape index (κ3) is 2.93. The Morgan fingerprint density at radius 3 is 2.63 bits per heavy atom. The number of aliphatic hydroxyl groups excluding tert-OH is 1. The van der Waals surface area contributed by atoms with Gasteiger partial charge in [0.2, 0.25) is 0 Å². The predicted octanol–water partition coefficient (Wildman–Crippen LogP) is 7.35. The van der Waals surface area contributed by atoms with Crippen molar-refractivity contribution in [1.82, 2.24) is 4.98 Å². The first-order chi connectivity index (χ1) is 20.2. The van der Waals surface area contributed by atoms with Gasteiger partial charge in [0.05, 0.1) is 23.4 Å². The summed E-state index contributed by atoms with van der Waals surface area (Å²) in [5.41, 5.74) is 7.00. The van der Waals surface area contributed by atoms with Crippen LogP contribution in [0.5, 0.6) is 0 Å². The number of fused-ring (bicyclic) bond motifs is 7. The van der Waals surface area contributed by atoms with Crippen molar-refractivity contribution < 1.29 is 19.7 Å². The van der Waals surface area contributed by atoms with E-state index < -0.39 is 28.6 Å². The van der Waals surface area contributed by atoms with E-state index in [-0.39, 0.29) is 23.7 Å². The number of H-pyrrole nitrogens is 1. The Morgan fingerprint density at radius 1 is 1.12 bits per heavy atom. The van der Waals surface area contributed by atoms with Crippen LogP contribution in [-0.2, 0) is 21.3 Å². The highest BCUT2D eigenvalue weighted by atomic mass is 35.5. The molecule has 11 atom stereocenters. The highest BCUT2D eigenvalue weighted by molar-refractivity contribution is 6.32. The van der Waals surface area contributed by atoms with Crippen LogP contribution in [0.4, 0.5) is 0 Å². The van der Waals surface area contributed by atoms with Gasteiger partial charge in [0, 0.05) is 43.9 Å². The van der Waals surface area contributed by atoms with Crippen molar-refractivity contribution in [2.75, 3.05) is 0 Å². The molecule has 5 aliphatic carbocycles. The molecule has 2 aromatic rings. The van der Waals surface area contributed by atoms with E-state index in [9.17, 15) is 10.2 Å². The van der Waals surface area contributed by atoms with Gasteiger partial charge < -0.3 is 24.7 Å². The molecule has 3 heterocycles. The van der Waals surface area contributed by atoms with Crippen LogP contribution in [0.15, 0.2) is 42.0 Å². The van der Waals surface area contributed by atoms with Crippen LogP contribution in [0.2, 0.25) is 5.02 Å². The first kappa shape index (κ1) is 27.4. The Balaban J connectivity index is 1.28. The second-order valence-corrected chi connectivity index (χ2v) is 16.5. The first-order valence-corrected chi connectivity index (χ1v) is 16.8. The second kappa shape index (κ2) is 8.09. The Bertz CT molecular complexity index is 1700. The van der Waals surface area contributed by atoms with E-state index in [0.29, 0.717) is 24.2 Å². The van der Waals surface area contributed by atoms with Crippen molar-refractivity contribution in [3.8, 4) is 0 Å². The molecule has 6 heteroatoms. The molecular weight excluding hydrogens is 558 g/mol. The minimum atomic E-state index is -1.11. The number of ether oxygens (including phenoxy) is 2. The van der Waals surface area contributed by atoms with E-state index in [2.05, 4.69) is 51.9 Å². The highest BCUT2D eigenvalue weighted by Gasteiger charge is 2.73. The Labute approximate surface area is 259 Å². The molecule has 3 N–H and O–H groups in total. The molecule has 7 aliphatic rings. The minimum Gasteiger partial charge on any atom is -0.386 e. The van der Waals surface area contributed by atoms with Gasteiger partial charge in [-0.3, -0.25) is 0 Å². The number of allylic oxidation sites excluding steroid dienone is 1. The van der Waals surface area contributed by atoms with E-state index in [4.69, 9.17) is 21.1 Å². The molecular formula is C37H44ClNO4. The number of rotatable bonds is 1. The lowest BCUT2D eigenvalue weighted by Gasteiger charge is -2.65. The van der Waals surface area contributed by atoms with Crippen molar-refractivity contribution in [3.63, 3.8) is 0 Å². The molecule has 0 amide bonds. The SMILES string of the molecule is C=C1Cc2c(Cl)cc3[nH]c4c5c3c2C2C1CC2C(C)(C)OC5C1CCC2(O)C3=CC(O)C(C(=C)C)OC3CCC2(C)C41C. The fourth-order valence-corrected chi connectivity index (χ4v) is 12.0. The number of aromatic nitrogens is 1. The summed E-state index contributed by atoms with van der Waals surface area (Å²) in [4.78, 5) is 3.96. The van der Waals surface area contributed by atoms with Crippen LogP contribution in [0.3, 0.4) is 0 Å². The number of benzene rings is 1. The fraction of sp³-hybridized carbons (Fsp3) is 0.622. The third-order valence-corrected chi connectivity index (χ3v) is 14.5. The van der Waals surface area contributed by atoms with Crippen LogP contribution in [0, 0.1) is 23.2 Å². The Morgan fingerprint density at radius 2 is 1.88 bits per heavy atom. The first-order valence-electron chi connectivity index (χ1n) is 16.4. The van der Waals surface area contributed by atoms with Gasteiger partial charge in [-0.2, -0.15) is 0 Å². The molecule has 9 rings (SSSR count). The monoisotopic (exact) mass is 601 g/mol. The summed E-state index contributed by atoms with van der Waals surface area (Å²) in [5.74, 6) is 1.48. The summed E-state index contributed by atoms with van der Waals surface area (Å²) in [6.07, 6.45) is 5.41. The Hall–Kier alpha value is -1.89. The minimum absolute atomic E-state index is 0.0618. The van der Waals surface area contributed by atoms with E-state index in [1.165, 1.54) is 33.3 Å². The van der Waals surface area contributed by atoms with E-state index >= 15 is 0 Å². The molecule has 2 aliphatic heterocycles. The van der Waals surface area contributed by atoms with Crippen LogP contribution < -0.4 is 0 Å². The lowest BCUT2D eigenvalue weighted by Crippen LogP contribution is -2.68. The van der Waals surface area contributed by atoms with Gasteiger partial charge in [-0.25, -0.2) is 0 Å². The van der Waals surface area contributed by atoms with E-state index in [1.807, 2.05) is 13.0 Å². The number of aliphatic hydroxyl groups is 2. The zero-order valence-electron chi connectivity index (χ0n) is 26.0. The van der Waals surface area contributed by atoms with Gasteiger partial charge >= 0.3 is 0 Å². The van der Waals surface area contributed by atoms with E-state index in [1.54, 1.807) is 0 Å². The fourth-order valence-electron chi connectivity index (χ4n) is 11.8. The zero-order chi connectivity index (χ0) is 30.2. The zero-order valence-corrected chi connectivity index (χ0v) is 26.8. The molecule has 43 heavy (non-hydrogen) atoms. The molecule has 5 nitrogen and oxygen atoms in total. The number of halogens is 1. The summed E-state index contributed by atoms with van der Waals surface area (Å²) in [7, 11) is 0. The maximum atomic E-state index is 13.0. The topological polar surface area (TPSA) is 74.7 Å². The molecule has 3 fully saturated rings. The van der Waals surface area contributed by atoms with Crippen LogP contribution in [0.25, 0.3) is 10.9 Å². The summed E-state index contributed by atoms with van der Waals surface area (Å²) >= 11 is 7.09. The van der Waals surface area contributed by atoms with Crippen LogP contribution in [0.1, 0.15) is 101 Å². The molecule has 0 spiro atoms. The smallest absolute Gasteiger partial charge is 0.108 e. The van der Waals surface area contributed by atoms with Gasteiger partial charge in [0.1, 0.15) is 12.2 Å². The summed E-state index contributed by atoms with van der Waals surface area (Å²) in [6.45, 7) is 19.8. The van der Waals surface area contributed by atoms with Crippen molar-refractivity contribution >= 4 is 22.5 Å². The summed E-state index contributed by atoms with van der Waals surface area (Å²) < 4.78 is 13.8. The van der Waals surface area contributed by atoms with Crippen LogP contribution in [-0.4, -0.2) is 44.7 Å². The molecule has 0 radical (unpaired) electrons. The quantitative estimate of drug-likeness (QED) is 0.299. The van der Waals surface area contributed by atoms with Gasteiger partial charge in [-0.1, -0.05) is 44.2 Å². The van der Waals surface area contributed by atoms with Gasteiger partial charge in [0.25, 0.3) is 0 Å². The maximum Gasteiger partial charge on any atom is 0.108 e. The number of hydrogen-bond acceptors (Lipinski definition) is 4. The summed E-state index contributed by atoms with van der Waals surface area (Å²) in [5, 5.41) is 26.3. The number of hydrogen-bond donors (Lipinski definition) is 3. The molecule has 1 aromatic carbocycles. The third-order valence-electron chi connectivity index (χ3n) is 14.2. The highest BCUT2D eigenvalue weighted by Crippen LogP contribution is 2.74. The molecule has 3 saturated carbocycles. The van der Waals surface area contributed by atoms with Gasteiger partial charge in [-0.05, 0) is 111 Å². The predicted molar refractivity (Wildman–Crippen MR) is 168 cm³/mol. The lowest BCUT2D eigenvalue weighted by molar-refractivity contribution is -0.215. The Kier molecular flexibility index (Phi) is 5.16. The second-order valence-electron chi connectivity index (χ2n) is 16.1. The van der Waals surface area contributed by atoms with Crippen LogP contribution >= 0.6 is 11.6 Å². The normalized spacial score (nSPS) is 46.6. The molecule has 0 saturated heterocycles. The number of nitrogens with one attached hydrogen (secondary N) is 1. The van der Waals surface area contributed by atoms with Crippen molar-refractivity contribution in [2.45, 2.75) is 120 Å². The average Bonchev–Trinajstić information content (AvgIpc) is 3.38. The van der Waals surface area contributed by atoms with Crippen molar-refractivity contribution in [2.24, 2.45) is 23.2 Å². The van der Waals surface area contributed by atoms with Crippen molar-refractivity contribution in [1.29, 1.82) is 0 Å². The maximum absolute atomic E-state index is 13.0. The molecule has 11 unspecified atom stereocenters. The lowest BCUT2D eigenvalue weighted by atomic mass is 9.42. The summed E-state index contributed by atoms with van der Waals surface area (Å²) in [6, 6.07) is 2.14. The number of aromatic amines is 1. The molecule has 1 aromatic heterocycles. The largest absolute Gasteiger partial charge is 0.386 e. The van der Waals surface area contributed by atoms with E-state index in [0.717, 1.165) is 53.8 Å². The van der Waals surface area contributed by atoms with Gasteiger partial charge in [-0.15, -0.1) is 0 Å². The standard InChI is InChI=1S/C37H44ClNO4/c1-16(2)31-25(40)14-21-26(42-31)9-10-35(6)36(7)20(8-11-37(21,35)41)32-30-29-24(39-33(30)36)15-23(38)19-12-17(3)18-13-22(27(18)28(19)29)34(4,5)43-32/h14-15,18,20,22,25-27,31-32,39-41H,1,3,8-13H2,2,4-7H3. The molecule has 0 bridgehead atoms. The van der Waals surface area contributed by atoms with Crippen molar-refractivity contribution in [3.05, 3.63) is 69.4 Å². The average molecular weight is 602 g/mol. The molecule has 228 valence electrons. The van der Waals surface area contributed by atoms with Gasteiger partial charge in [0.15, 0.2) is 0 Å².